The van der Waals surface area contributed by atoms with E-state index < -0.39 is 0 Å². The molecule has 0 atom stereocenters. The second-order valence-corrected chi connectivity index (χ2v) is 6.41. The zero-order valence-corrected chi connectivity index (χ0v) is 13.7. The first-order valence-corrected chi connectivity index (χ1v) is 8.61. The average molecular weight is 337 g/mol. The molecule has 0 radical (unpaired) electrons. The Morgan fingerprint density at radius 3 is 2.96 bits per heavy atom. The second kappa shape index (κ2) is 5.84. The van der Waals surface area contributed by atoms with Gasteiger partial charge >= 0.3 is 0 Å². The first-order chi connectivity index (χ1) is 12.4. The monoisotopic (exact) mass is 337 g/mol. The number of ether oxygens (including phenoxy) is 2. The second-order valence-electron chi connectivity index (χ2n) is 6.41. The Labute approximate surface area is 144 Å². The van der Waals surface area contributed by atoms with Crippen LogP contribution < -0.4 is 20.1 Å². The molecular formula is C18H19N5O2. The summed E-state index contributed by atoms with van der Waals surface area (Å²) in [6, 6.07) is 7.76. The molecule has 0 bridgehead atoms. The molecule has 0 unspecified atom stereocenters. The number of aromatic amines is 1. The summed E-state index contributed by atoms with van der Waals surface area (Å²) in [5.74, 6) is 3.59. The minimum Gasteiger partial charge on any atom is -0.486 e. The fourth-order valence-corrected chi connectivity index (χ4v) is 2.99. The summed E-state index contributed by atoms with van der Waals surface area (Å²) in [6.07, 6.45) is 4.48. The van der Waals surface area contributed by atoms with Crippen LogP contribution in [0.15, 0.2) is 30.5 Å². The SMILES string of the molecule is c1cc(Nc2nc(NCC3CC3)c3cc[nH]c3n2)c2c(c1)OCCO2. The lowest BCUT2D eigenvalue weighted by Gasteiger charge is -2.21. The van der Waals surface area contributed by atoms with E-state index in [1.807, 2.05) is 30.5 Å². The van der Waals surface area contributed by atoms with Gasteiger partial charge in [0.2, 0.25) is 5.95 Å². The molecular weight excluding hydrogens is 318 g/mol. The van der Waals surface area contributed by atoms with Crippen molar-refractivity contribution in [2.75, 3.05) is 30.4 Å². The number of anilines is 3. The van der Waals surface area contributed by atoms with Crippen molar-refractivity contribution in [1.29, 1.82) is 0 Å². The molecule has 3 heterocycles. The van der Waals surface area contributed by atoms with Gasteiger partial charge in [-0.2, -0.15) is 9.97 Å². The van der Waals surface area contributed by atoms with Gasteiger partial charge in [0.25, 0.3) is 0 Å². The van der Waals surface area contributed by atoms with Gasteiger partial charge in [0.15, 0.2) is 11.5 Å². The van der Waals surface area contributed by atoms with Crippen LogP contribution in [0.2, 0.25) is 0 Å². The normalized spacial score (nSPS) is 16.0. The molecule has 25 heavy (non-hydrogen) atoms. The minimum absolute atomic E-state index is 0.524. The van der Waals surface area contributed by atoms with Crippen molar-refractivity contribution < 1.29 is 9.47 Å². The zero-order valence-electron chi connectivity index (χ0n) is 13.7. The third-order valence-electron chi connectivity index (χ3n) is 4.48. The van der Waals surface area contributed by atoms with Crippen LogP contribution in [0.3, 0.4) is 0 Å². The van der Waals surface area contributed by atoms with Gasteiger partial charge in [0.1, 0.15) is 24.7 Å². The highest BCUT2D eigenvalue weighted by Gasteiger charge is 2.22. The largest absolute Gasteiger partial charge is 0.486 e. The van der Waals surface area contributed by atoms with Crippen molar-refractivity contribution in [2.45, 2.75) is 12.8 Å². The average Bonchev–Trinajstić information content (AvgIpc) is 3.35. The Morgan fingerprint density at radius 2 is 2.04 bits per heavy atom. The fraction of sp³-hybridized carbons (Fsp3) is 0.333. The predicted octanol–water partition coefficient (Wildman–Crippen LogP) is 3.29. The van der Waals surface area contributed by atoms with E-state index in [1.54, 1.807) is 0 Å². The van der Waals surface area contributed by atoms with E-state index >= 15 is 0 Å². The first-order valence-electron chi connectivity index (χ1n) is 8.61. The summed E-state index contributed by atoms with van der Waals surface area (Å²) in [5, 5.41) is 7.73. The van der Waals surface area contributed by atoms with E-state index in [1.165, 1.54) is 12.8 Å². The standard InChI is InChI=1S/C18H19N5O2/c1-2-13(15-14(3-1)24-8-9-25-15)21-18-22-16-12(6-7-19-16)17(23-18)20-10-11-4-5-11/h1-3,6-7,11H,4-5,8-10H2,(H3,19,20,21,22,23). The number of para-hydroxylation sites is 1. The van der Waals surface area contributed by atoms with E-state index in [0.717, 1.165) is 40.8 Å². The molecule has 3 aromatic rings. The molecule has 7 nitrogen and oxygen atoms in total. The van der Waals surface area contributed by atoms with Crippen molar-refractivity contribution in [2.24, 2.45) is 5.92 Å². The maximum absolute atomic E-state index is 5.75. The van der Waals surface area contributed by atoms with E-state index in [0.29, 0.717) is 24.9 Å². The predicted molar refractivity (Wildman–Crippen MR) is 95.8 cm³/mol. The number of nitrogens with one attached hydrogen (secondary N) is 3. The maximum atomic E-state index is 5.75. The van der Waals surface area contributed by atoms with Crippen molar-refractivity contribution >= 4 is 28.5 Å². The van der Waals surface area contributed by atoms with Crippen molar-refractivity contribution in [3.8, 4) is 11.5 Å². The van der Waals surface area contributed by atoms with Crippen LogP contribution in [0.4, 0.5) is 17.5 Å². The molecule has 1 aromatic carbocycles. The van der Waals surface area contributed by atoms with Crippen LogP contribution in [0.25, 0.3) is 11.0 Å². The molecule has 1 aliphatic heterocycles. The highest BCUT2D eigenvalue weighted by molar-refractivity contribution is 5.88. The first kappa shape index (κ1) is 14.4. The molecule has 0 amide bonds. The number of aromatic nitrogens is 3. The highest BCUT2D eigenvalue weighted by atomic mass is 16.6. The van der Waals surface area contributed by atoms with E-state index in [9.17, 15) is 0 Å². The van der Waals surface area contributed by atoms with Gasteiger partial charge < -0.3 is 25.1 Å². The lowest BCUT2D eigenvalue weighted by Crippen LogP contribution is -2.16. The lowest BCUT2D eigenvalue weighted by atomic mass is 10.2. The summed E-state index contributed by atoms with van der Waals surface area (Å²) in [6.45, 7) is 2.06. The number of fused-ring (bicyclic) bond motifs is 2. The van der Waals surface area contributed by atoms with Gasteiger partial charge in [0.05, 0.1) is 11.1 Å². The summed E-state index contributed by atoms with van der Waals surface area (Å²) in [5.41, 5.74) is 1.61. The van der Waals surface area contributed by atoms with Crippen LogP contribution in [0.5, 0.6) is 11.5 Å². The van der Waals surface area contributed by atoms with Crippen LogP contribution in [-0.2, 0) is 0 Å². The molecule has 0 spiro atoms. The van der Waals surface area contributed by atoms with Gasteiger partial charge in [0, 0.05) is 12.7 Å². The summed E-state index contributed by atoms with van der Waals surface area (Å²) in [7, 11) is 0. The molecule has 1 fully saturated rings. The molecule has 7 heteroatoms. The third-order valence-corrected chi connectivity index (χ3v) is 4.48. The van der Waals surface area contributed by atoms with Gasteiger partial charge in [-0.05, 0) is 37.0 Å². The lowest BCUT2D eigenvalue weighted by molar-refractivity contribution is 0.172. The number of hydrogen-bond acceptors (Lipinski definition) is 6. The Morgan fingerprint density at radius 1 is 1.12 bits per heavy atom. The number of H-pyrrole nitrogens is 1. The fourth-order valence-electron chi connectivity index (χ4n) is 2.99. The van der Waals surface area contributed by atoms with Gasteiger partial charge in [-0.1, -0.05) is 6.07 Å². The molecule has 2 aliphatic rings. The number of hydrogen-bond donors (Lipinski definition) is 3. The van der Waals surface area contributed by atoms with Gasteiger partial charge in [-0.25, -0.2) is 0 Å². The molecule has 128 valence electrons. The number of rotatable bonds is 5. The third kappa shape index (κ3) is 2.82. The molecule has 0 saturated heterocycles. The smallest absolute Gasteiger partial charge is 0.231 e. The summed E-state index contributed by atoms with van der Waals surface area (Å²) >= 11 is 0. The minimum atomic E-state index is 0.524. The molecule has 3 N–H and O–H groups in total. The summed E-state index contributed by atoms with van der Waals surface area (Å²) in [4.78, 5) is 12.4. The van der Waals surface area contributed by atoms with Crippen LogP contribution in [-0.4, -0.2) is 34.7 Å². The van der Waals surface area contributed by atoms with Crippen molar-refractivity contribution in [1.82, 2.24) is 15.0 Å². The molecule has 5 rings (SSSR count). The van der Waals surface area contributed by atoms with E-state index in [4.69, 9.17) is 9.47 Å². The Hall–Kier alpha value is -2.96. The molecule has 2 aromatic heterocycles. The number of benzene rings is 1. The summed E-state index contributed by atoms with van der Waals surface area (Å²) < 4.78 is 11.4. The molecule has 1 saturated carbocycles. The van der Waals surface area contributed by atoms with Crippen molar-refractivity contribution in [3.05, 3.63) is 30.5 Å². The van der Waals surface area contributed by atoms with Crippen LogP contribution in [0.1, 0.15) is 12.8 Å². The Balaban J connectivity index is 1.48. The van der Waals surface area contributed by atoms with E-state index in [2.05, 4.69) is 25.6 Å². The zero-order chi connectivity index (χ0) is 16.6. The van der Waals surface area contributed by atoms with Gasteiger partial charge in [-0.15, -0.1) is 0 Å². The van der Waals surface area contributed by atoms with Crippen LogP contribution >= 0.6 is 0 Å². The Bertz CT molecular complexity index is 919. The maximum Gasteiger partial charge on any atom is 0.231 e. The van der Waals surface area contributed by atoms with Crippen LogP contribution in [0, 0.1) is 5.92 Å². The number of nitrogens with zero attached hydrogens (tertiary/aromatic N) is 2. The quantitative estimate of drug-likeness (QED) is 0.662. The Kier molecular flexibility index (Phi) is 3.36. The van der Waals surface area contributed by atoms with Gasteiger partial charge in [-0.3, -0.25) is 0 Å². The molecule has 1 aliphatic carbocycles. The van der Waals surface area contributed by atoms with Crippen molar-refractivity contribution in [3.63, 3.8) is 0 Å². The highest BCUT2D eigenvalue weighted by Crippen LogP contribution is 2.38. The van der Waals surface area contributed by atoms with E-state index in [-0.39, 0.29) is 0 Å². The topological polar surface area (TPSA) is 84.1 Å².